The van der Waals surface area contributed by atoms with Crippen molar-refractivity contribution >= 4 is 29.7 Å². The zero-order valence-corrected chi connectivity index (χ0v) is 4.94. The molecule has 7 heavy (non-hydrogen) atoms. The molecule has 1 radical (unpaired) electrons. The van der Waals surface area contributed by atoms with Gasteiger partial charge in [-0.2, -0.15) is 0 Å². The molecule has 0 aromatic heterocycles. The Labute approximate surface area is 57.1 Å². The Balaban J connectivity index is 0.000000360. The van der Waals surface area contributed by atoms with Gasteiger partial charge >= 0.3 is 0 Å². The van der Waals surface area contributed by atoms with Crippen LogP contribution in [0, 0.1) is 0 Å². The maximum absolute atomic E-state index is 10.2. The molecule has 0 saturated heterocycles. The van der Waals surface area contributed by atoms with E-state index in [1.807, 2.05) is 0 Å². The van der Waals surface area contributed by atoms with E-state index >= 15 is 0 Å². The van der Waals surface area contributed by atoms with Crippen LogP contribution in [0.5, 0.6) is 0 Å². The summed E-state index contributed by atoms with van der Waals surface area (Å²) in [6.45, 7) is 0. The molecule has 1 heterocycles. The van der Waals surface area contributed by atoms with Crippen molar-refractivity contribution in [1.29, 1.82) is 0 Å². The van der Waals surface area contributed by atoms with E-state index in [0.717, 1.165) is 0 Å². The van der Waals surface area contributed by atoms with Gasteiger partial charge in [0.2, 0.25) is 0 Å². The summed E-state index contributed by atoms with van der Waals surface area (Å²) < 4.78 is 10.2. The van der Waals surface area contributed by atoms with Gasteiger partial charge in [0.25, 0.3) is 0 Å². The minimum absolute atomic E-state index is 0. The third-order valence-corrected chi connectivity index (χ3v) is 1.39. The first-order valence-electron chi connectivity index (χ1n) is 1.64. The minimum Gasteiger partial charge on any atom is -0.250 e. The monoisotopic (exact) mass is 107 g/mol. The topological polar surface area (TPSA) is 17.1 Å². The third kappa shape index (κ3) is 2.13. The van der Waals surface area contributed by atoms with Crippen molar-refractivity contribution in [2.24, 2.45) is 0 Å². The minimum atomic E-state index is -0.784. The molecular formula is C4H4LiOS. The van der Waals surface area contributed by atoms with Crippen molar-refractivity contribution in [3.63, 3.8) is 0 Å². The first kappa shape index (κ1) is 7.23. The van der Waals surface area contributed by atoms with Crippen LogP contribution >= 0.6 is 0 Å². The molecule has 0 unspecified atom stereocenters. The third-order valence-electron chi connectivity index (χ3n) is 0.536. The molecular weight excluding hydrogens is 103 g/mol. The van der Waals surface area contributed by atoms with Gasteiger partial charge in [-0.05, 0) is 0 Å². The summed E-state index contributed by atoms with van der Waals surface area (Å²) >= 11 is 0. The number of allylic oxidation sites excluding steroid dienone is 2. The molecule has 0 aromatic rings. The zero-order valence-electron chi connectivity index (χ0n) is 4.13. The van der Waals surface area contributed by atoms with Crippen LogP contribution in [-0.4, -0.2) is 23.1 Å². The van der Waals surface area contributed by atoms with Gasteiger partial charge in [0.15, 0.2) is 0 Å². The average Bonchev–Trinajstić information content (AvgIpc) is 1.86. The first-order valence-corrected chi connectivity index (χ1v) is 2.91. The molecule has 0 aromatic carbocycles. The largest absolute Gasteiger partial charge is 0.250 e. The predicted octanol–water partition coefficient (Wildman–Crippen LogP) is 0.395. The Hall–Kier alpha value is 0.227. The molecule has 0 amide bonds. The number of hydrogen-bond donors (Lipinski definition) is 0. The van der Waals surface area contributed by atoms with E-state index in [-0.39, 0.29) is 18.9 Å². The molecule has 33 valence electrons. The number of rotatable bonds is 0. The van der Waals surface area contributed by atoms with Crippen LogP contribution in [0.3, 0.4) is 0 Å². The summed E-state index contributed by atoms with van der Waals surface area (Å²) in [6.07, 6.45) is 3.55. The molecule has 3 heteroatoms. The Morgan fingerprint density at radius 2 is 1.57 bits per heavy atom. The second-order valence-corrected chi connectivity index (χ2v) is 2.19. The van der Waals surface area contributed by atoms with Crippen LogP contribution < -0.4 is 0 Å². The number of hydrogen-bond acceptors (Lipinski definition) is 1. The van der Waals surface area contributed by atoms with Crippen LogP contribution in [0.15, 0.2) is 23.0 Å². The van der Waals surface area contributed by atoms with E-state index in [2.05, 4.69) is 0 Å². The van der Waals surface area contributed by atoms with Gasteiger partial charge in [-0.1, -0.05) is 12.2 Å². The quantitative estimate of drug-likeness (QED) is 0.409. The van der Waals surface area contributed by atoms with E-state index in [0.29, 0.717) is 0 Å². The average molecular weight is 107 g/mol. The molecule has 1 aliphatic rings. The summed E-state index contributed by atoms with van der Waals surface area (Å²) in [5, 5.41) is 3.28. The van der Waals surface area contributed by atoms with Gasteiger partial charge in [-0.15, -0.1) is 0 Å². The van der Waals surface area contributed by atoms with Crippen LogP contribution in [0.4, 0.5) is 0 Å². The van der Waals surface area contributed by atoms with Gasteiger partial charge < -0.3 is 0 Å². The zero-order chi connectivity index (χ0) is 4.41. The molecule has 0 bridgehead atoms. The van der Waals surface area contributed by atoms with Crippen molar-refractivity contribution in [2.75, 3.05) is 0 Å². The fraction of sp³-hybridized carbons (Fsp3) is 0. The maximum atomic E-state index is 10.2. The second-order valence-electron chi connectivity index (χ2n) is 0.986. The fourth-order valence-corrected chi connectivity index (χ4v) is 0.873. The van der Waals surface area contributed by atoms with Crippen molar-refractivity contribution in [2.45, 2.75) is 0 Å². The van der Waals surface area contributed by atoms with E-state index in [1.165, 1.54) is 0 Å². The van der Waals surface area contributed by atoms with Gasteiger partial charge in [-0.3, -0.25) is 4.21 Å². The van der Waals surface area contributed by atoms with Crippen LogP contribution in [-0.2, 0) is 10.8 Å². The standard InChI is InChI=1S/C4H4OS.Li/c5-6-3-1-2-4-6;/h1-4H;. The predicted molar refractivity (Wildman–Crippen MR) is 32.2 cm³/mol. The van der Waals surface area contributed by atoms with Gasteiger partial charge in [0.05, 0.1) is 10.8 Å². The van der Waals surface area contributed by atoms with E-state index < -0.39 is 10.8 Å². The molecule has 0 spiro atoms. The summed E-state index contributed by atoms with van der Waals surface area (Å²) in [5.74, 6) is 0. The SMILES string of the molecule is O=S1C=CC=C1.[Li]. The molecule has 0 N–H and O–H groups in total. The van der Waals surface area contributed by atoms with Gasteiger partial charge in [0.1, 0.15) is 0 Å². The van der Waals surface area contributed by atoms with Crippen molar-refractivity contribution < 1.29 is 4.21 Å². The maximum Gasteiger partial charge on any atom is 0.0702 e. The normalized spacial score (nSPS) is 17.1. The van der Waals surface area contributed by atoms with Gasteiger partial charge in [0, 0.05) is 29.7 Å². The molecule has 0 fully saturated rings. The Bertz CT molecular complexity index is 114. The Morgan fingerprint density at radius 1 is 1.14 bits per heavy atom. The molecule has 1 aliphatic heterocycles. The Morgan fingerprint density at radius 3 is 1.71 bits per heavy atom. The van der Waals surface area contributed by atoms with Crippen molar-refractivity contribution in [3.05, 3.63) is 23.0 Å². The molecule has 0 atom stereocenters. The Kier molecular flexibility index (Phi) is 3.36. The molecule has 1 nitrogen and oxygen atoms in total. The fourth-order valence-electron chi connectivity index (χ4n) is 0.291. The summed E-state index contributed by atoms with van der Waals surface area (Å²) in [4.78, 5) is 0. The smallest absolute Gasteiger partial charge is 0.0702 e. The second kappa shape index (κ2) is 3.26. The summed E-state index contributed by atoms with van der Waals surface area (Å²) in [6, 6.07) is 0. The summed E-state index contributed by atoms with van der Waals surface area (Å²) in [7, 11) is -0.784. The molecule has 0 saturated carbocycles. The molecule has 0 aliphatic carbocycles. The van der Waals surface area contributed by atoms with Crippen molar-refractivity contribution in [3.8, 4) is 0 Å². The van der Waals surface area contributed by atoms with E-state index in [1.54, 1.807) is 23.0 Å². The first-order chi connectivity index (χ1) is 2.89. The van der Waals surface area contributed by atoms with E-state index in [9.17, 15) is 4.21 Å². The van der Waals surface area contributed by atoms with Crippen LogP contribution in [0.25, 0.3) is 0 Å². The van der Waals surface area contributed by atoms with Crippen molar-refractivity contribution in [1.82, 2.24) is 0 Å². The summed E-state index contributed by atoms with van der Waals surface area (Å²) in [5.41, 5.74) is 0. The van der Waals surface area contributed by atoms with Gasteiger partial charge in [-0.25, -0.2) is 0 Å². The van der Waals surface area contributed by atoms with Crippen LogP contribution in [0.2, 0.25) is 0 Å². The van der Waals surface area contributed by atoms with Crippen LogP contribution in [0.1, 0.15) is 0 Å². The van der Waals surface area contributed by atoms with E-state index in [4.69, 9.17) is 0 Å². The molecule has 1 rings (SSSR count).